The number of rotatable bonds is 2. The Kier molecular flexibility index (Phi) is 3.62. The smallest absolute Gasteiger partial charge is 0.123 e. The Hall–Kier alpha value is -0.450. The van der Waals surface area contributed by atoms with Gasteiger partial charge in [-0.15, -0.1) is 0 Å². The van der Waals surface area contributed by atoms with Gasteiger partial charge in [-0.05, 0) is 49.7 Å². The summed E-state index contributed by atoms with van der Waals surface area (Å²) in [6.07, 6.45) is 1.94. The van der Waals surface area contributed by atoms with E-state index >= 15 is 0 Å². The molecule has 88 valence electrons. The molecule has 0 radical (unpaired) electrons. The lowest BCUT2D eigenvalue weighted by Crippen LogP contribution is -2.43. The van der Waals surface area contributed by atoms with Crippen molar-refractivity contribution in [1.29, 1.82) is 0 Å². The van der Waals surface area contributed by atoms with E-state index in [1.165, 1.54) is 12.1 Å². The molecule has 4 heteroatoms. The molecule has 1 aromatic carbocycles. The van der Waals surface area contributed by atoms with E-state index in [1.54, 1.807) is 6.07 Å². The zero-order valence-corrected chi connectivity index (χ0v) is 10.6. The Labute approximate surface area is 103 Å². The molecule has 1 aromatic rings. The van der Waals surface area contributed by atoms with E-state index in [1.807, 2.05) is 0 Å². The number of aliphatic hydroxyl groups is 1. The van der Waals surface area contributed by atoms with Crippen LogP contribution in [0, 0.1) is 5.82 Å². The molecule has 2 nitrogen and oxygen atoms in total. The largest absolute Gasteiger partial charge is 0.389 e. The molecule has 0 aliphatic carbocycles. The number of benzene rings is 1. The molecule has 0 spiro atoms. The van der Waals surface area contributed by atoms with Gasteiger partial charge in [0.1, 0.15) is 5.82 Å². The standard InChI is InChI=1S/C12H15BrFNO/c13-11-2-1-10(14)7-9(11)8-12(16)3-5-15-6-4-12/h1-2,7,15-16H,3-6,8H2. The van der Waals surface area contributed by atoms with E-state index < -0.39 is 5.60 Å². The quantitative estimate of drug-likeness (QED) is 0.875. The summed E-state index contributed by atoms with van der Waals surface area (Å²) in [5.74, 6) is -0.254. The van der Waals surface area contributed by atoms with Crippen LogP contribution in [-0.2, 0) is 6.42 Å². The molecule has 0 aromatic heterocycles. The molecule has 1 fully saturated rings. The number of halogens is 2. The summed E-state index contributed by atoms with van der Waals surface area (Å²) in [4.78, 5) is 0. The lowest BCUT2D eigenvalue weighted by atomic mass is 9.86. The molecule has 0 saturated carbocycles. The van der Waals surface area contributed by atoms with Gasteiger partial charge in [-0.3, -0.25) is 0 Å². The maximum Gasteiger partial charge on any atom is 0.123 e. The first-order chi connectivity index (χ1) is 7.59. The van der Waals surface area contributed by atoms with E-state index in [9.17, 15) is 9.50 Å². The average Bonchev–Trinajstić information content (AvgIpc) is 2.24. The summed E-state index contributed by atoms with van der Waals surface area (Å²) in [5.41, 5.74) is 0.145. The maximum absolute atomic E-state index is 13.1. The van der Waals surface area contributed by atoms with Crippen molar-refractivity contribution in [3.05, 3.63) is 34.1 Å². The number of piperidine rings is 1. The molecular weight excluding hydrogens is 273 g/mol. The summed E-state index contributed by atoms with van der Waals surface area (Å²) >= 11 is 3.39. The van der Waals surface area contributed by atoms with E-state index in [-0.39, 0.29) is 5.82 Å². The Morgan fingerprint density at radius 1 is 1.38 bits per heavy atom. The van der Waals surface area contributed by atoms with Crippen LogP contribution in [0.25, 0.3) is 0 Å². The van der Waals surface area contributed by atoms with Crippen molar-refractivity contribution in [3.63, 3.8) is 0 Å². The fourth-order valence-electron chi connectivity index (χ4n) is 2.10. The predicted octanol–water partition coefficient (Wildman–Crippen LogP) is 2.25. The predicted molar refractivity (Wildman–Crippen MR) is 64.9 cm³/mol. The van der Waals surface area contributed by atoms with Crippen LogP contribution < -0.4 is 5.32 Å². The van der Waals surface area contributed by atoms with Gasteiger partial charge in [-0.1, -0.05) is 15.9 Å². The van der Waals surface area contributed by atoms with Crippen LogP contribution in [-0.4, -0.2) is 23.8 Å². The topological polar surface area (TPSA) is 32.3 Å². The van der Waals surface area contributed by atoms with Crippen molar-refractivity contribution in [1.82, 2.24) is 5.32 Å². The normalized spacial score (nSPS) is 19.7. The monoisotopic (exact) mass is 287 g/mol. The summed E-state index contributed by atoms with van der Waals surface area (Å²) < 4.78 is 14.0. The second-order valence-corrected chi connectivity index (χ2v) is 5.24. The number of nitrogens with one attached hydrogen (secondary N) is 1. The highest BCUT2D eigenvalue weighted by Crippen LogP contribution is 2.27. The van der Waals surface area contributed by atoms with Crippen LogP contribution in [0.4, 0.5) is 4.39 Å². The second-order valence-electron chi connectivity index (χ2n) is 4.39. The molecule has 0 bridgehead atoms. The van der Waals surface area contributed by atoms with Gasteiger partial charge < -0.3 is 10.4 Å². The number of hydrogen-bond acceptors (Lipinski definition) is 2. The van der Waals surface area contributed by atoms with Gasteiger partial charge in [-0.2, -0.15) is 0 Å². The lowest BCUT2D eigenvalue weighted by Gasteiger charge is -2.33. The summed E-state index contributed by atoms with van der Waals surface area (Å²) in [5, 5.41) is 13.6. The molecule has 1 heterocycles. The fourth-order valence-corrected chi connectivity index (χ4v) is 2.49. The molecule has 0 amide bonds. The van der Waals surface area contributed by atoms with Crippen molar-refractivity contribution >= 4 is 15.9 Å². The van der Waals surface area contributed by atoms with Crippen LogP contribution >= 0.6 is 15.9 Å². The van der Waals surface area contributed by atoms with E-state index in [0.717, 1.165) is 36.0 Å². The third-order valence-corrected chi connectivity index (χ3v) is 3.84. The lowest BCUT2D eigenvalue weighted by molar-refractivity contribution is 0.0107. The minimum Gasteiger partial charge on any atom is -0.389 e. The minimum absolute atomic E-state index is 0.254. The molecular formula is C12H15BrFNO. The highest BCUT2D eigenvalue weighted by Gasteiger charge is 2.29. The van der Waals surface area contributed by atoms with E-state index in [4.69, 9.17) is 0 Å². The van der Waals surface area contributed by atoms with E-state index in [2.05, 4.69) is 21.2 Å². The minimum atomic E-state index is -0.693. The Morgan fingerprint density at radius 2 is 2.06 bits per heavy atom. The summed E-state index contributed by atoms with van der Waals surface area (Å²) in [7, 11) is 0. The van der Waals surface area contributed by atoms with Crippen LogP contribution in [0.3, 0.4) is 0 Å². The van der Waals surface area contributed by atoms with E-state index in [0.29, 0.717) is 6.42 Å². The molecule has 0 atom stereocenters. The average molecular weight is 288 g/mol. The van der Waals surface area contributed by atoms with Crippen LogP contribution in [0.2, 0.25) is 0 Å². The van der Waals surface area contributed by atoms with Gasteiger partial charge in [0, 0.05) is 10.9 Å². The Balaban J connectivity index is 2.15. The van der Waals surface area contributed by atoms with Crippen molar-refractivity contribution in [2.45, 2.75) is 24.9 Å². The zero-order chi connectivity index (χ0) is 11.6. The third kappa shape index (κ3) is 2.81. The SMILES string of the molecule is OC1(Cc2cc(F)ccc2Br)CCNCC1. The van der Waals surface area contributed by atoms with Gasteiger partial charge >= 0.3 is 0 Å². The van der Waals surface area contributed by atoms with Crippen LogP contribution in [0.5, 0.6) is 0 Å². The molecule has 2 N–H and O–H groups in total. The van der Waals surface area contributed by atoms with Crippen molar-refractivity contribution in [2.75, 3.05) is 13.1 Å². The maximum atomic E-state index is 13.1. The van der Waals surface area contributed by atoms with Gasteiger partial charge in [0.2, 0.25) is 0 Å². The first kappa shape index (κ1) is 12.0. The van der Waals surface area contributed by atoms with Crippen molar-refractivity contribution in [2.24, 2.45) is 0 Å². The molecule has 2 rings (SSSR count). The first-order valence-corrected chi connectivity index (χ1v) is 6.25. The number of hydrogen-bond donors (Lipinski definition) is 2. The fraction of sp³-hybridized carbons (Fsp3) is 0.500. The highest BCUT2D eigenvalue weighted by atomic mass is 79.9. The third-order valence-electron chi connectivity index (χ3n) is 3.06. The Bertz CT molecular complexity index is 377. The van der Waals surface area contributed by atoms with Gasteiger partial charge in [0.05, 0.1) is 5.60 Å². The van der Waals surface area contributed by atoms with Gasteiger partial charge in [0.25, 0.3) is 0 Å². The summed E-state index contributed by atoms with van der Waals surface area (Å²) in [6, 6.07) is 4.60. The van der Waals surface area contributed by atoms with Crippen molar-refractivity contribution < 1.29 is 9.50 Å². The first-order valence-electron chi connectivity index (χ1n) is 5.46. The second kappa shape index (κ2) is 4.82. The van der Waals surface area contributed by atoms with Crippen LogP contribution in [0.15, 0.2) is 22.7 Å². The van der Waals surface area contributed by atoms with Crippen molar-refractivity contribution in [3.8, 4) is 0 Å². The molecule has 1 aliphatic heterocycles. The summed E-state index contributed by atoms with van der Waals surface area (Å²) in [6.45, 7) is 1.65. The van der Waals surface area contributed by atoms with Crippen LogP contribution in [0.1, 0.15) is 18.4 Å². The molecule has 1 saturated heterocycles. The molecule has 0 unspecified atom stereocenters. The molecule has 1 aliphatic rings. The highest BCUT2D eigenvalue weighted by molar-refractivity contribution is 9.10. The van der Waals surface area contributed by atoms with Gasteiger partial charge in [0.15, 0.2) is 0 Å². The molecule has 16 heavy (non-hydrogen) atoms. The van der Waals surface area contributed by atoms with Gasteiger partial charge in [-0.25, -0.2) is 4.39 Å². The Morgan fingerprint density at radius 3 is 2.75 bits per heavy atom. The zero-order valence-electron chi connectivity index (χ0n) is 8.97.